The average molecular weight is 1290 g/mol. The maximum Gasteiger partial charge on any atom is 0.252 e. The van der Waals surface area contributed by atoms with Gasteiger partial charge in [-0.1, -0.05) is 263 Å². The van der Waals surface area contributed by atoms with Crippen LogP contribution < -0.4 is 26.2 Å². The smallest absolute Gasteiger partial charge is 0.252 e. The first-order valence-corrected chi connectivity index (χ1v) is 35.5. The molecule has 2 aliphatic heterocycles. The molecule has 17 aromatic rings. The van der Waals surface area contributed by atoms with Crippen LogP contribution in [-0.2, 0) is 16.2 Å². The van der Waals surface area contributed by atoms with Crippen LogP contribution in [0.4, 0.5) is 34.1 Å². The molecule has 4 heterocycles. The summed E-state index contributed by atoms with van der Waals surface area (Å²) >= 11 is 0. The highest BCUT2D eigenvalue weighted by molar-refractivity contribution is 7.00. The molecule has 15 aromatic carbocycles. The minimum Gasteiger partial charge on any atom is -0.456 e. The Morgan fingerprint density at radius 3 is 0.970 bits per heavy atom. The minimum absolute atomic E-state index is 0.207. The van der Waals surface area contributed by atoms with Crippen molar-refractivity contribution in [1.29, 1.82) is 0 Å². The van der Waals surface area contributed by atoms with Crippen molar-refractivity contribution in [2.75, 3.05) is 9.80 Å². The molecule has 4 aliphatic carbocycles. The lowest BCUT2D eigenvalue weighted by molar-refractivity contribution is 0.590. The van der Waals surface area contributed by atoms with Crippen LogP contribution in [0.2, 0.25) is 0 Å². The zero-order valence-electron chi connectivity index (χ0n) is 55.8. The number of rotatable bonds is 4. The molecule has 0 bridgehead atoms. The van der Waals surface area contributed by atoms with Gasteiger partial charge in [0.15, 0.2) is 0 Å². The van der Waals surface area contributed by atoms with Crippen molar-refractivity contribution in [1.82, 2.24) is 0 Å². The van der Waals surface area contributed by atoms with Crippen LogP contribution in [0.25, 0.3) is 111 Å². The fourth-order valence-electron chi connectivity index (χ4n) is 19.8. The van der Waals surface area contributed by atoms with Crippen molar-refractivity contribution in [3.8, 4) is 66.8 Å². The molecule has 23 rings (SSSR count). The third kappa shape index (κ3) is 7.05. The molecule has 5 heteroatoms. The predicted octanol–water partition coefficient (Wildman–Crippen LogP) is 22.9. The summed E-state index contributed by atoms with van der Waals surface area (Å²) in [7, 11) is 0. The minimum atomic E-state index is -0.651. The van der Waals surface area contributed by atoms with Gasteiger partial charge in [0.25, 0.3) is 6.71 Å². The molecule has 0 fully saturated rings. The molecular weight excluding hydrogens is 1220 g/mol. The summed E-state index contributed by atoms with van der Waals surface area (Å²) in [6, 6.07) is 120. The summed E-state index contributed by atoms with van der Waals surface area (Å²) in [5.41, 5.74) is 39.1. The monoisotopic (exact) mass is 1280 g/mol. The van der Waals surface area contributed by atoms with Gasteiger partial charge in [-0.3, -0.25) is 0 Å². The van der Waals surface area contributed by atoms with Crippen LogP contribution in [0, 0.1) is 0 Å². The summed E-state index contributed by atoms with van der Waals surface area (Å²) in [5.74, 6) is 0. The van der Waals surface area contributed by atoms with Crippen LogP contribution in [0.1, 0.15) is 70.8 Å². The lowest BCUT2D eigenvalue weighted by Crippen LogP contribution is -2.61. The maximum atomic E-state index is 6.52. The summed E-state index contributed by atoms with van der Waals surface area (Å²) in [6.07, 6.45) is 0. The Labute approximate surface area is 585 Å². The Kier molecular flexibility index (Phi) is 10.8. The molecular formula is C96H61BN2O2. The number of para-hydroxylation sites is 2. The molecule has 0 saturated heterocycles. The van der Waals surface area contributed by atoms with Gasteiger partial charge < -0.3 is 18.6 Å². The van der Waals surface area contributed by atoms with E-state index in [0.29, 0.717) is 0 Å². The molecule has 0 saturated carbocycles. The highest BCUT2D eigenvalue weighted by Crippen LogP contribution is 2.68. The Morgan fingerprint density at radius 1 is 0.267 bits per heavy atom. The van der Waals surface area contributed by atoms with E-state index in [1.54, 1.807) is 0 Å². The fourth-order valence-corrected chi connectivity index (χ4v) is 19.8. The van der Waals surface area contributed by atoms with Crippen LogP contribution in [0.15, 0.2) is 324 Å². The van der Waals surface area contributed by atoms with Gasteiger partial charge in [0.05, 0.1) is 22.2 Å². The molecule has 0 radical (unpaired) electrons. The van der Waals surface area contributed by atoms with Crippen molar-refractivity contribution in [2.45, 2.75) is 37.0 Å². The molecule has 2 aromatic heterocycles. The number of benzene rings is 15. The molecule has 470 valence electrons. The molecule has 2 spiro atoms. The Morgan fingerprint density at radius 2 is 0.584 bits per heavy atom. The van der Waals surface area contributed by atoms with E-state index in [1.165, 1.54) is 122 Å². The zero-order chi connectivity index (χ0) is 66.4. The number of anilines is 6. The first-order valence-electron chi connectivity index (χ1n) is 35.5. The summed E-state index contributed by atoms with van der Waals surface area (Å²) in [5, 5.41) is 4.44. The first kappa shape index (κ1) is 55.6. The second-order valence-electron chi connectivity index (χ2n) is 29.6. The first-order chi connectivity index (χ1) is 49.7. The largest absolute Gasteiger partial charge is 0.456 e. The highest BCUT2D eigenvalue weighted by atomic mass is 16.3. The number of fused-ring (bicyclic) bond motifs is 30. The third-order valence-electron chi connectivity index (χ3n) is 23.8. The molecule has 6 aliphatic rings. The number of hydrogen-bond acceptors (Lipinski definition) is 4. The van der Waals surface area contributed by atoms with Crippen molar-refractivity contribution >= 4 is 101 Å². The lowest BCUT2D eigenvalue weighted by atomic mass is 9.33. The van der Waals surface area contributed by atoms with Gasteiger partial charge in [0, 0.05) is 55.4 Å². The van der Waals surface area contributed by atoms with Crippen molar-refractivity contribution in [3.63, 3.8) is 0 Å². The van der Waals surface area contributed by atoms with E-state index in [0.717, 1.165) is 88.9 Å². The van der Waals surface area contributed by atoms with E-state index in [-0.39, 0.29) is 12.1 Å². The van der Waals surface area contributed by atoms with Gasteiger partial charge in [-0.2, -0.15) is 0 Å². The van der Waals surface area contributed by atoms with Crippen LogP contribution >= 0.6 is 0 Å². The van der Waals surface area contributed by atoms with Crippen molar-refractivity contribution < 1.29 is 8.83 Å². The predicted molar refractivity (Wildman–Crippen MR) is 417 cm³/mol. The maximum absolute atomic E-state index is 6.52. The summed E-state index contributed by atoms with van der Waals surface area (Å²) < 4.78 is 13.0. The highest BCUT2D eigenvalue weighted by Gasteiger charge is 2.57. The van der Waals surface area contributed by atoms with E-state index < -0.39 is 10.8 Å². The van der Waals surface area contributed by atoms with Gasteiger partial charge >= 0.3 is 0 Å². The van der Waals surface area contributed by atoms with E-state index in [4.69, 9.17) is 8.83 Å². The topological polar surface area (TPSA) is 32.8 Å². The Hall–Kier alpha value is -12.4. The standard InChI is InChI=1S/C96H61BN2O2/c1-94(2,3)60-54-85-93-86(55-60)99(82-39-21-31-70-66-27-9-17-37-78(66)96(92(70)82)75-34-14-6-24-63(75)64-25-7-15-35-76(64)96)84-53-59(57-45-49-90-72(51-57)68-29-11-19-41-88(68)101-90)43-47-80(84)97(93)79-46-42-58(56-44-48-89-71(50-56)67-28-10-18-40-87(67)100-89)52-83(79)98(85)81-38-20-30-69-65-26-8-16-36-77(65)95(91(69)81)73-32-12-4-22-61(73)62-23-5-13-33-74(62)95/h4-55H,1-3H3. The number of hydrogen-bond donors (Lipinski definition) is 0. The quantitative estimate of drug-likeness (QED) is 0.164. The summed E-state index contributed by atoms with van der Waals surface area (Å²) in [6.45, 7) is 7.00. The third-order valence-corrected chi connectivity index (χ3v) is 23.8. The average Bonchev–Trinajstić information content (AvgIpc) is 1.48. The lowest BCUT2D eigenvalue weighted by Gasteiger charge is -2.47. The molecule has 0 unspecified atom stereocenters. The molecule has 4 nitrogen and oxygen atoms in total. The Balaban J connectivity index is 0.857. The van der Waals surface area contributed by atoms with E-state index >= 15 is 0 Å². The van der Waals surface area contributed by atoms with E-state index in [1.807, 2.05) is 0 Å². The van der Waals surface area contributed by atoms with Gasteiger partial charge in [-0.25, -0.2) is 0 Å². The van der Waals surface area contributed by atoms with Crippen molar-refractivity contribution in [3.05, 3.63) is 366 Å². The van der Waals surface area contributed by atoms with Crippen LogP contribution in [-0.4, -0.2) is 6.71 Å². The fraction of sp³-hybridized carbons (Fsp3) is 0.0625. The molecule has 0 atom stereocenters. The SMILES string of the molecule is CC(C)(C)c1cc2c3c(c1)N(c1cccc4c1C1(c5ccccc5-c5ccccc51)c1ccccc1-4)c1cc(-c4ccc5oc6ccccc6c5c4)ccc1B3c1ccc(-c3ccc4oc5ccccc5c4c3)cc1N2c1cccc2c1C1(c3ccccc3-c3ccccc31)c1ccccc1-2. The molecule has 0 N–H and O–H groups in total. The van der Waals surface area contributed by atoms with E-state index in [2.05, 4.69) is 346 Å². The van der Waals surface area contributed by atoms with Gasteiger partial charge in [-0.05, 0) is 200 Å². The zero-order valence-corrected chi connectivity index (χ0v) is 55.8. The number of furan rings is 2. The summed E-state index contributed by atoms with van der Waals surface area (Å²) in [4.78, 5) is 5.48. The van der Waals surface area contributed by atoms with Gasteiger partial charge in [0.1, 0.15) is 22.3 Å². The Bertz CT molecular complexity index is 6060. The van der Waals surface area contributed by atoms with Crippen LogP contribution in [0.5, 0.6) is 0 Å². The van der Waals surface area contributed by atoms with Gasteiger partial charge in [-0.15, -0.1) is 0 Å². The van der Waals surface area contributed by atoms with Gasteiger partial charge in [0.2, 0.25) is 0 Å². The van der Waals surface area contributed by atoms with E-state index in [9.17, 15) is 0 Å². The number of nitrogens with zero attached hydrogens (tertiary/aromatic N) is 2. The van der Waals surface area contributed by atoms with Crippen molar-refractivity contribution in [2.24, 2.45) is 0 Å². The second-order valence-corrected chi connectivity index (χ2v) is 29.6. The molecule has 101 heavy (non-hydrogen) atoms. The second kappa shape index (κ2) is 19.7. The molecule has 0 amide bonds. The van der Waals surface area contributed by atoms with Crippen LogP contribution in [0.3, 0.4) is 0 Å². The normalized spacial score (nSPS) is 14.6.